The summed E-state index contributed by atoms with van der Waals surface area (Å²) in [4.78, 5) is 0. The zero-order chi connectivity index (χ0) is 11.5. The lowest BCUT2D eigenvalue weighted by Crippen LogP contribution is -2.17. The summed E-state index contributed by atoms with van der Waals surface area (Å²) < 4.78 is 41.2. The molecule has 0 aliphatic heterocycles. The van der Waals surface area contributed by atoms with Crippen LogP contribution in [0.25, 0.3) is 0 Å². The lowest BCUT2D eigenvalue weighted by Gasteiger charge is -2.07. The number of hydrogen-bond acceptors (Lipinski definition) is 3. The minimum atomic E-state index is -4.33. The maximum absolute atomic E-state index is 11.7. The van der Waals surface area contributed by atoms with Crippen LogP contribution in [-0.2, 0) is 24.3 Å². The van der Waals surface area contributed by atoms with E-state index in [1.165, 1.54) is 4.57 Å². The molecule has 86 valence electrons. The maximum atomic E-state index is 11.7. The molecule has 15 heavy (non-hydrogen) atoms. The first kappa shape index (κ1) is 12.3. The van der Waals surface area contributed by atoms with E-state index in [0.717, 1.165) is 0 Å². The quantitative estimate of drug-likeness (QED) is 0.755. The fourth-order valence-electron chi connectivity index (χ4n) is 0.899. The minimum absolute atomic E-state index is 0.156. The van der Waals surface area contributed by atoms with E-state index >= 15 is 0 Å². The monoisotopic (exact) mass is 243 g/mol. The van der Waals surface area contributed by atoms with Gasteiger partial charge in [-0.1, -0.05) is 0 Å². The second-order valence-corrected chi connectivity index (χ2v) is 3.10. The van der Waals surface area contributed by atoms with Gasteiger partial charge in [0.15, 0.2) is 5.82 Å². The summed E-state index contributed by atoms with van der Waals surface area (Å²) in [5, 5.41) is 7.31. The number of hydrogen-bond donors (Lipinski definition) is 0. The van der Waals surface area contributed by atoms with Crippen molar-refractivity contribution < 1.29 is 17.9 Å². The minimum Gasteiger partial charge on any atom is -0.364 e. The Kier molecular flexibility index (Phi) is 3.92. The lowest BCUT2D eigenvalue weighted by atomic mass is 10.6. The Bertz CT molecular complexity index is 326. The van der Waals surface area contributed by atoms with Crippen molar-refractivity contribution >= 4 is 11.6 Å². The highest BCUT2D eigenvalue weighted by Crippen LogP contribution is 2.15. The van der Waals surface area contributed by atoms with Crippen LogP contribution < -0.4 is 0 Å². The van der Waals surface area contributed by atoms with Crippen molar-refractivity contribution in [3.8, 4) is 0 Å². The molecule has 1 aromatic rings. The molecule has 0 aromatic carbocycles. The summed E-state index contributed by atoms with van der Waals surface area (Å²) in [7, 11) is 1.62. The number of alkyl halides is 4. The third-order valence-electron chi connectivity index (χ3n) is 1.67. The molecule has 0 bridgehead atoms. The molecule has 0 amide bonds. The van der Waals surface area contributed by atoms with Gasteiger partial charge in [-0.05, 0) is 0 Å². The van der Waals surface area contributed by atoms with Gasteiger partial charge in [0.2, 0.25) is 0 Å². The van der Waals surface area contributed by atoms with Gasteiger partial charge in [0.25, 0.3) is 0 Å². The average molecular weight is 244 g/mol. The molecule has 1 heterocycles. The predicted octanol–water partition coefficient (Wildman–Crippen LogP) is 1.63. The second-order valence-electron chi connectivity index (χ2n) is 2.83. The van der Waals surface area contributed by atoms with Crippen LogP contribution in [0.3, 0.4) is 0 Å². The van der Waals surface area contributed by atoms with E-state index in [1.807, 2.05) is 0 Å². The first-order chi connectivity index (χ1) is 6.94. The molecule has 0 N–H and O–H groups in total. The molecule has 0 fully saturated rings. The zero-order valence-corrected chi connectivity index (χ0v) is 8.64. The molecular formula is C7H9ClF3N3O. The number of halogens is 4. The molecule has 0 radical (unpaired) electrons. The Balaban J connectivity index is 2.48. The van der Waals surface area contributed by atoms with E-state index < -0.39 is 12.8 Å². The van der Waals surface area contributed by atoms with E-state index in [4.69, 9.17) is 11.6 Å². The predicted molar refractivity (Wildman–Crippen MR) is 46.3 cm³/mol. The molecule has 0 saturated heterocycles. The van der Waals surface area contributed by atoms with E-state index in [0.29, 0.717) is 11.6 Å². The number of ether oxygens (including phenoxy) is 1. The van der Waals surface area contributed by atoms with Crippen LogP contribution in [0, 0.1) is 0 Å². The first-order valence-corrected chi connectivity index (χ1v) is 4.55. The van der Waals surface area contributed by atoms with Gasteiger partial charge in [-0.25, -0.2) is 0 Å². The Morgan fingerprint density at radius 1 is 1.33 bits per heavy atom. The highest BCUT2D eigenvalue weighted by molar-refractivity contribution is 6.16. The van der Waals surface area contributed by atoms with E-state index in [2.05, 4.69) is 14.9 Å². The van der Waals surface area contributed by atoms with Gasteiger partial charge >= 0.3 is 6.18 Å². The number of aromatic nitrogens is 3. The third kappa shape index (κ3) is 3.67. The topological polar surface area (TPSA) is 39.9 Å². The number of rotatable bonds is 4. The van der Waals surface area contributed by atoms with Crippen LogP contribution in [-0.4, -0.2) is 27.5 Å². The smallest absolute Gasteiger partial charge is 0.364 e. The fourth-order valence-corrected chi connectivity index (χ4v) is 1.13. The van der Waals surface area contributed by atoms with Crippen molar-refractivity contribution in [2.24, 2.45) is 7.05 Å². The summed E-state index contributed by atoms with van der Waals surface area (Å²) in [6.07, 6.45) is -4.33. The lowest BCUT2D eigenvalue weighted by molar-refractivity contribution is -0.177. The Morgan fingerprint density at radius 3 is 2.40 bits per heavy atom. The molecule has 4 nitrogen and oxygen atoms in total. The van der Waals surface area contributed by atoms with Gasteiger partial charge in [-0.2, -0.15) is 13.2 Å². The van der Waals surface area contributed by atoms with Crippen molar-refractivity contribution in [3.05, 3.63) is 11.6 Å². The standard InChI is InChI=1S/C7H9ClF3N3O/c1-14-5(2-8)12-13-6(14)3-15-4-7(9,10)11/h2-4H2,1H3. The SMILES string of the molecule is Cn1c(CCl)nnc1COCC(F)(F)F. The van der Waals surface area contributed by atoms with Crippen molar-refractivity contribution in [1.82, 2.24) is 14.8 Å². The normalized spacial score (nSPS) is 12.1. The molecule has 8 heteroatoms. The van der Waals surface area contributed by atoms with Crippen LogP contribution in [0.5, 0.6) is 0 Å². The van der Waals surface area contributed by atoms with Gasteiger partial charge < -0.3 is 9.30 Å². The van der Waals surface area contributed by atoms with Crippen LogP contribution in [0.1, 0.15) is 11.6 Å². The first-order valence-electron chi connectivity index (χ1n) is 4.01. The van der Waals surface area contributed by atoms with Crippen LogP contribution in [0.2, 0.25) is 0 Å². The van der Waals surface area contributed by atoms with Gasteiger partial charge in [0.1, 0.15) is 19.0 Å². The van der Waals surface area contributed by atoms with Gasteiger partial charge in [0.05, 0.1) is 5.88 Å². The van der Waals surface area contributed by atoms with Gasteiger partial charge in [0, 0.05) is 7.05 Å². The molecule has 1 aromatic heterocycles. The molecule has 1 rings (SSSR count). The highest BCUT2D eigenvalue weighted by Gasteiger charge is 2.27. The molecular weight excluding hydrogens is 235 g/mol. The summed E-state index contributed by atoms with van der Waals surface area (Å²) in [6.45, 7) is -1.53. The largest absolute Gasteiger partial charge is 0.411 e. The van der Waals surface area contributed by atoms with Crippen molar-refractivity contribution in [2.45, 2.75) is 18.7 Å². The third-order valence-corrected chi connectivity index (χ3v) is 1.91. The van der Waals surface area contributed by atoms with Gasteiger partial charge in [-0.15, -0.1) is 21.8 Å². The van der Waals surface area contributed by atoms with E-state index in [-0.39, 0.29) is 12.5 Å². The van der Waals surface area contributed by atoms with Crippen molar-refractivity contribution in [1.29, 1.82) is 0 Å². The molecule has 0 spiro atoms. The molecule has 0 saturated carbocycles. The zero-order valence-electron chi connectivity index (χ0n) is 7.88. The van der Waals surface area contributed by atoms with Gasteiger partial charge in [-0.3, -0.25) is 0 Å². The van der Waals surface area contributed by atoms with Crippen molar-refractivity contribution in [2.75, 3.05) is 6.61 Å². The van der Waals surface area contributed by atoms with E-state index in [1.54, 1.807) is 7.05 Å². The van der Waals surface area contributed by atoms with Crippen LogP contribution >= 0.6 is 11.6 Å². The Hall–Kier alpha value is -0.820. The summed E-state index contributed by atoms with van der Waals surface area (Å²) >= 11 is 5.51. The average Bonchev–Trinajstić information content (AvgIpc) is 2.46. The molecule has 0 unspecified atom stereocenters. The van der Waals surface area contributed by atoms with Crippen molar-refractivity contribution in [3.63, 3.8) is 0 Å². The molecule has 0 atom stereocenters. The van der Waals surface area contributed by atoms with Crippen LogP contribution in [0.4, 0.5) is 13.2 Å². The maximum Gasteiger partial charge on any atom is 0.411 e. The second kappa shape index (κ2) is 4.80. The summed E-state index contributed by atoms with van der Waals surface area (Å²) in [5.41, 5.74) is 0. The van der Waals surface area contributed by atoms with Crippen LogP contribution in [0.15, 0.2) is 0 Å². The summed E-state index contributed by atoms with van der Waals surface area (Å²) in [6, 6.07) is 0. The Morgan fingerprint density at radius 2 is 1.93 bits per heavy atom. The Labute approximate surface area is 89.0 Å². The fraction of sp³-hybridized carbons (Fsp3) is 0.714. The highest BCUT2D eigenvalue weighted by atomic mass is 35.5. The number of nitrogens with zero attached hydrogens (tertiary/aromatic N) is 3. The molecule has 0 aliphatic carbocycles. The van der Waals surface area contributed by atoms with E-state index in [9.17, 15) is 13.2 Å². The summed E-state index contributed by atoms with van der Waals surface area (Å²) in [5.74, 6) is 0.958. The molecule has 0 aliphatic rings.